The van der Waals surface area contributed by atoms with Crippen LogP contribution >= 0.6 is 50.2 Å². The molecule has 0 aliphatic rings. The number of halogens is 2. The lowest BCUT2D eigenvalue weighted by Gasteiger charge is -2.14. The molecule has 2 aromatic rings. The lowest BCUT2D eigenvalue weighted by atomic mass is 10.1. The van der Waals surface area contributed by atoms with Crippen molar-refractivity contribution in [2.24, 2.45) is 0 Å². The Balaban J connectivity index is 2.15. The van der Waals surface area contributed by atoms with Crippen LogP contribution in [0.15, 0.2) is 27.4 Å². The van der Waals surface area contributed by atoms with E-state index in [9.17, 15) is 0 Å². The zero-order valence-electron chi connectivity index (χ0n) is 8.67. The van der Waals surface area contributed by atoms with Crippen molar-refractivity contribution in [1.29, 1.82) is 0 Å². The van der Waals surface area contributed by atoms with Gasteiger partial charge in [-0.1, -0.05) is 11.6 Å². The number of nitrogens with one attached hydrogen (secondary N) is 1. The third kappa shape index (κ3) is 2.87. The first kappa shape index (κ1) is 12.6. The number of thiophene rings is 2. The molecule has 2 heterocycles. The molecule has 1 N–H and O–H groups in total. The topological polar surface area (TPSA) is 12.0 Å². The molecule has 1 atom stereocenters. The fourth-order valence-corrected chi connectivity index (χ4v) is 4.34. The average molecular weight is 337 g/mol. The lowest BCUT2D eigenvalue weighted by molar-refractivity contribution is 0.607. The first-order valence-corrected chi connectivity index (χ1v) is 7.77. The maximum atomic E-state index is 6.15. The maximum Gasteiger partial charge on any atom is 0.0561 e. The number of likely N-dealkylation sites (N-methyl/N-ethyl adjacent to an activating group) is 1. The smallest absolute Gasteiger partial charge is 0.0561 e. The Morgan fingerprint density at radius 1 is 1.50 bits per heavy atom. The highest BCUT2D eigenvalue weighted by Gasteiger charge is 2.15. The largest absolute Gasteiger partial charge is 0.312 e. The molecule has 0 aliphatic heterocycles. The Bertz CT molecular complexity index is 466. The van der Waals surface area contributed by atoms with Crippen LogP contribution in [-0.2, 0) is 6.42 Å². The molecular formula is C11H11BrClNS2. The second-order valence-electron chi connectivity index (χ2n) is 3.41. The SMILES string of the molecule is CNC(Cc1cc(Br)cs1)c1sccc1Cl. The Morgan fingerprint density at radius 2 is 2.31 bits per heavy atom. The Kier molecular flexibility index (Phi) is 4.44. The van der Waals surface area contributed by atoms with E-state index in [-0.39, 0.29) is 0 Å². The number of hydrogen-bond donors (Lipinski definition) is 1. The van der Waals surface area contributed by atoms with Gasteiger partial charge in [-0.15, -0.1) is 22.7 Å². The molecule has 2 rings (SSSR count). The van der Waals surface area contributed by atoms with E-state index in [4.69, 9.17) is 11.6 Å². The normalized spacial score (nSPS) is 12.9. The molecular weight excluding hydrogens is 326 g/mol. The van der Waals surface area contributed by atoms with Crippen LogP contribution in [0.3, 0.4) is 0 Å². The van der Waals surface area contributed by atoms with Crippen LogP contribution in [0.4, 0.5) is 0 Å². The molecule has 0 saturated carbocycles. The van der Waals surface area contributed by atoms with Crippen molar-refractivity contribution in [2.75, 3.05) is 7.05 Å². The maximum absolute atomic E-state index is 6.15. The molecule has 16 heavy (non-hydrogen) atoms. The van der Waals surface area contributed by atoms with Gasteiger partial charge in [-0.3, -0.25) is 0 Å². The number of rotatable bonds is 4. The molecule has 5 heteroatoms. The van der Waals surface area contributed by atoms with E-state index in [0.29, 0.717) is 6.04 Å². The zero-order valence-corrected chi connectivity index (χ0v) is 12.6. The summed E-state index contributed by atoms with van der Waals surface area (Å²) in [5.41, 5.74) is 0. The monoisotopic (exact) mass is 335 g/mol. The quantitative estimate of drug-likeness (QED) is 0.851. The minimum absolute atomic E-state index is 0.304. The summed E-state index contributed by atoms with van der Waals surface area (Å²) in [4.78, 5) is 2.57. The van der Waals surface area contributed by atoms with Crippen molar-refractivity contribution in [3.05, 3.63) is 42.1 Å². The van der Waals surface area contributed by atoms with Gasteiger partial charge in [0.2, 0.25) is 0 Å². The van der Waals surface area contributed by atoms with Gasteiger partial charge in [-0.2, -0.15) is 0 Å². The molecule has 0 saturated heterocycles. The third-order valence-corrected chi connectivity index (χ3v) is 5.53. The van der Waals surface area contributed by atoms with E-state index in [1.54, 1.807) is 22.7 Å². The molecule has 0 amide bonds. The van der Waals surface area contributed by atoms with Crippen LogP contribution in [0, 0.1) is 0 Å². The second kappa shape index (κ2) is 5.65. The van der Waals surface area contributed by atoms with Gasteiger partial charge in [-0.25, -0.2) is 0 Å². The van der Waals surface area contributed by atoms with Gasteiger partial charge < -0.3 is 5.32 Å². The molecule has 0 aliphatic carbocycles. The molecule has 2 aromatic heterocycles. The van der Waals surface area contributed by atoms with Crippen molar-refractivity contribution in [1.82, 2.24) is 5.32 Å². The van der Waals surface area contributed by atoms with Gasteiger partial charge in [-0.05, 0) is 40.5 Å². The van der Waals surface area contributed by atoms with E-state index >= 15 is 0 Å². The Labute approximate surface area is 117 Å². The summed E-state index contributed by atoms with van der Waals surface area (Å²) in [5.74, 6) is 0. The minimum atomic E-state index is 0.304. The van der Waals surface area contributed by atoms with Gasteiger partial charge in [0.1, 0.15) is 0 Å². The summed E-state index contributed by atoms with van der Waals surface area (Å²) in [6.07, 6.45) is 0.979. The predicted molar refractivity (Wildman–Crippen MR) is 76.9 cm³/mol. The summed E-state index contributed by atoms with van der Waals surface area (Å²) in [6, 6.07) is 4.42. The van der Waals surface area contributed by atoms with Crippen LogP contribution < -0.4 is 5.32 Å². The van der Waals surface area contributed by atoms with Crippen molar-refractivity contribution in [2.45, 2.75) is 12.5 Å². The van der Waals surface area contributed by atoms with Crippen LogP contribution in [0.5, 0.6) is 0 Å². The van der Waals surface area contributed by atoms with Gasteiger partial charge in [0, 0.05) is 32.1 Å². The van der Waals surface area contributed by atoms with Gasteiger partial charge >= 0.3 is 0 Å². The van der Waals surface area contributed by atoms with Crippen molar-refractivity contribution >= 4 is 50.2 Å². The molecule has 1 nitrogen and oxygen atoms in total. The second-order valence-corrected chi connectivity index (χ2v) is 6.68. The molecule has 1 unspecified atom stereocenters. The van der Waals surface area contributed by atoms with E-state index < -0.39 is 0 Å². The van der Waals surface area contributed by atoms with Crippen molar-refractivity contribution in [3.8, 4) is 0 Å². The summed E-state index contributed by atoms with van der Waals surface area (Å²) in [6.45, 7) is 0. The summed E-state index contributed by atoms with van der Waals surface area (Å²) < 4.78 is 1.15. The highest BCUT2D eigenvalue weighted by Crippen LogP contribution is 2.32. The fraction of sp³-hybridized carbons (Fsp3) is 0.273. The number of hydrogen-bond acceptors (Lipinski definition) is 3. The molecule has 0 aromatic carbocycles. The minimum Gasteiger partial charge on any atom is -0.312 e. The summed E-state index contributed by atoms with van der Waals surface area (Å²) in [7, 11) is 1.98. The first-order valence-electron chi connectivity index (χ1n) is 4.83. The Hall–Kier alpha value is 0.130. The first-order chi connectivity index (χ1) is 7.70. The molecule has 0 bridgehead atoms. The van der Waals surface area contributed by atoms with E-state index in [2.05, 4.69) is 32.7 Å². The molecule has 0 fully saturated rings. The third-order valence-electron chi connectivity index (χ3n) is 2.34. The lowest BCUT2D eigenvalue weighted by Crippen LogP contribution is -2.17. The Morgan fingerprint density at radius 3 is 2.81 bits per heavy atom. The van der Waals surface area contributed by atoms with E-state index in [1.807, 2.05) is 18.5 Å². The highest BCUT2D eigenvalue weighted by molar-refractivity contribution is 9.10. The van der Waals surface area contributed by atoms with Crippen molar-refractivity contribution < 1.29 is 0 Å². The van der Waals surface area contributed by atoms with Crippen LogP contribution in [-0.4, -0.2) is 7.05 Å². The van der Waals surface area contributed by atoms with Crippen LogP contribution in [0.1, 0.15) is 15.8 Å². The molecule has 0 radical (unpaired) electrons. The van der Waals surface area contributed by atoms with Gasteiger partial charge in [0.05, 0.1) is 5.02 Å². The standard InChI is InChI=1S/C11H11BrClNS2/c1-14-10(11-9(13)2-3-15-11)5-8-4-7(12)6-16-8/h2-4,6,10,14H,5H2,1H3. The van der Waals surface area contributed by atoms with Crippen LogP contribution in [0.2, 0.25) is 5.02 Å². The molecule has 0 spiro atoms. The van der Waals surface area contributed by atoms with Gasteiger partial charge in [0.25, 0.3) is 0 Å². The summed E-state index contributed by atoms with van der Waals surface area (Å²) in [5, 5.41) is 8.32. The molecule has 86 valence electrons. The van der Waals surface area contributed by atoms with Crippen LogP contribution in [0.25, 0.3) is 0 Å². The predicted octanol–water partition coefficient (Wildman–Crippen LogP) is 4.73. The van der Waals surface area contributed by atoms with Gasteiger partial charge in [0.15, 0.2) is 0 Å². The zero-order chi connectivity index (χ0) is 11.5. The average Bonchev–Trinajstić information content (AvgIpc) is 2.84. The fourth-order valence-electron chi connectivity index (χ4n) is 1.54. The van der Waals surface area contributed by atoms with Crippen molar-refractivity contribution in [3.63, 3.8) is 0 Å². The summed E-state index contributed by atoms with van der Waals surface area (Å²) >= 11 is 13.1. The van der Waals surface area contributed by atoms with E-state index in [0.717, 1.165) is 15.9 Å². The highest BCUT2D eigenvalue weighted by atomic mass is 79.9. The van der Waals surface area contributed by atoms with E-state index in [1.165, 1.54) is 9.75 Å².